The highest BCUT2D eigenvalue weighted by atomic mass is 16.5. The van der Waals surface area contributed by atoms with Crippen LogP contribution in [0.2, 0.25) is 0 Å². The van der Waals surface area contributed by atoms with Gasteiger partial charge in [-0.1, -0.05) is 17.7 Å². The SMILES string of the molecule is COCCO[C@H](C)C(=O)N1CCCc2cc(C)cc(C)c21. The minimum absolute atomic E-state index is 0.0407. The lowest BCUT2D eigenvalue weighted by Gasteiger charge is -2.33. The van der Waals surface area contributed by atoms with E-state index >= 15 is 0 Å². The number of fused-ring (bicyclic) bond motifs is 1. The second kappa shape index (κ2) is 7.05. The van der Waals surface area contributed by atoms with Crippen molar-refractivity contribution in [2.75, 3.05) is 31.8 Å². The maximum Gasteiger partial charge on any atom is 0.255 e. The first-order valence-corrected chi connectivity index (χ1v) is 7.56. The molecule has 116 valence electrons. The smallest absolute Gasteiger partial charge is 0.255 e. The van der Waals surface area contributed by atoms with Crippen molar-refractivity contribution in [1.29, 1.82) is 0 Å². The molecule has 0 radical (unpaired) electrons. The normalized spacial score (nSPS) is 15.7. The summed E-state index contributed by atoms with van der Waals surface area (Å²) >= 11 is 0. The predicted molar refractivity (Wildman–Crippen MR) is 83.9 cm³/mol. The van der Waals surface area contributed by atoms with Gasteiger partial charge >= 0.3 is 0 Å². The summed E-state index contributed by atoms with van der Waals surface area (Å²) in [5.74, 6) is 0.0407. The molecule has 1 aromatic rings. The van der Waals surface area contributed by atoms with Crippen LogP contribution < -0.4 is 4.90 Å². The Morgan fingerprint density at radius 1 is 1.33 bits per heavy atom. The highest BCUT2D eigenvalue weighted by molar-refractivity contribution is 5.98. The van der Waals surface area contributed by atoms with Crippen LogP contribution in [0.5, 0.6) is 0 Å². The molecule has 21 heavy (non-hydrogen) atoms. The largest absolute Gasteiger partial charge is 0.382 e. The van der Waals surface area contributed by atoms with E-state index in [9.17, 15) is 4.79 Å². The molecular weight excluding hydrogens is 266 g/mol. The van der Waals surface area contributed by atoms with E-state index in [1.54, 1.807) is 7.11 Å². The Morgan fingerprint density at radius 3 is 2.81 bits per heavy atom. The van der Waals surface area contributed by atoms with Gasteiger partial charge in [-0.05, 0) is 44.7 Å². The third kappa shape index (κ3) is 3.63. The first-order chi connectivity index (χ1) is 10.0. The fraction of sp³-hybridized carbons (Fsp3) is 0.588. The molecule has 0 saturated carbocycles. The fourth-order valence-electron chi connectivity index (χ4n) is 2.98. The third-order valence-electron chi connectivity index (χ3n) is 3.89. The van der Waals surface area contributed by atoms with Crippen LogP contribution in [0, 0.1) is 13.8 Å². The average molecular weight is 291 g/mol. The number of benzene rings is 1. The molecule has 0 aromatic heterocycles. The number of anilines is 1. The first-order valence-electron chi connectivity index (χ1n) is 7.56. The average Bonchev–Trinajstić information content (AvgIpc) is 2.45. The zero-order valence-electron chi connectivity index (χ0n) is 13.4. The zero-order valence-corrected chi connectivity index (χ0v) is 13.4. The molecule has 2 rings (SSSR count). The molecule has 0 fully saturated rings. The van der Waals surface area contributed by atoms with E-state index in [0.717, 1.165) is 25.1 Å². The maximum atomic E-state index is 12.7. The number of amides is 1. The van der Waals surface area contributed by atoms with Gasteiger partial charge in [-0.25, -0.2) is 0 Å². The molecule has 1 amide bonds. The first kappa shape index (κ1) is 16.0. The van der Waals surface area contributed by atoms with Crippen LogP contribution in [0.25, 0.3) is 0 Å². The second-order valence-corrected chi connectivity index (χ2v) is 5.69. The molecule has 1 aromatic carbocycles. The van der Waals surface area contributed by atoms with E-state index in [-0.39, 0.29) is 5.91 Å². The van der Waals surface area contributed by atoms with Gasteiger partial charge in [0.15, 0.2) is 0 Å². The standard InChI is InChI=1S/C17H25NO3/c1-12-10-13(2)16-15(11-12)6-5-7-18(16)17(19)14(3)21-9-8-20-4/h10-11,14H,5-9H2,1-4H3/t14-/m1/s1. The van der Waals surface area contributed by atoms with Gasteiger partial charge in [-0.15, -0.1) is 0 Å². The highest BCUT2D eigenvalue weighted by Crippen LogP contribution is 2.32. The fourth-order valence-corrected chi connectivity index (χ4v) is 2.98. The quantitative estimate of drug-likeness (QED) is 0.783. The molecule has 4 nitrogen and oxygen atoms in total. The molecule has 4 heteroatoms. The Morgan fingerprint density at radius 2 is 2.10 bits per heavy atom. The Hall–Kier alpha value is -1.39. The lowest BCUT2D eigenvalue weighted by molar-refractivity contribution is -0.129. The summed E-state index contributed by atoms with van der Waals surface area (Å²) in [6, 6.07) is 4.33. The van der Waals surface area contributed by atoms with Crippen molar-refractivity contribution in [3.8, 4) is 0 Å². The maximum absolute atomic E-state index is 12.7. The van der Waals surface area contributed by atoms with Crippen LogP contribution in [-0.4, -0.2) is 38.9 Å². The zero-order chi connectivity index (χ0) is 15.4. The lowest BCUT2D eigenvalue weighted by atomic mass is 9.95. The van der Waals surface area contributed by atoms with Crippen molar-refractivity contribution < 1.29 is 14.3 Å². The summed E-state index contributed by atoms with van der Waals surface area (Å²) in [5.41, 5.74) is 4.78. The predicted octanol–water partition coefficient (Wildman–Crippen LogP) is 2.63. The van der Waals surface area contributed by atoms with Crippen molar-refractivity contribution in [1.82, 2.24) is 0 Å². The van der Waals surface area contributed by atoms with Crippen LogP contribution in [0.15, 0.2) is 12.1 Å². The number of hydrogen-bond acceptors (Lipinski definition) is 3. The summed E-state index contributed by atoms with van der Waals surface area (Å²) < 4.78 is 10.5. The third-order valence-corrected chi connectivity index (χ3v) is 3.89. The molecular formula is C17H25NO3. The molecule has 1 atom stereocenters. The van der Waals surface area contributed by atoms with Crippen LogP contribution in [0.4, 0.5) is 5.69 Å². The number of hydrogen-bond donors (Lipinski definition) is 0. The number of nitrogens with zero attached hydrogens (tertiary/aromatic N) is 1. The lowest BCUT2D eigenvalue weighted by Crippen LogP contribution is -2.42. The van der Waals surface area contributed by atoms with Gasteiger partial charge in [-0.3, -0.25) is 4.79 Å². The molecule has 0 unspecified atom stereocenters. The molecule has 0 saturated heterocycles. The molecule has 0 N–H and O–H groups in total. The van der Waals surface area contributed by atoms with E-state index in [2.05, 4.69) is 26.0 Å². The van der Waals surface area contributed by atoms with Gasteiger partial charge in [0.2, 0.25) is 0 Å². The molecule has 1 aliphatic rings. The van der Waals surface area contributed by atoms with Gasteiger partial charge < -0.3 is 14.4 Å². The monoisotopic (exact) mass is 291 g/mol. The number of rotatable bonds is 5. The Labute approximate surface area is 127 Å². The van der Waals surface area contributed by atoms with Crippen molar-refractivity contribution in [2.45, 2.75) is 39.7 Å². The summed E-state index contributed by atoms with van der Waals surface area (Å²) in [7, 11) is 1.63. The molecule has 0 bridgehead atoms. The van der Waals surface area contributed by atoms with Gasteiger partial charge in [0.25, 0.3) is 5.91 Å². The van der Waals surface area contributed by atoms with Crippen LogP contribution in [-0.2, 0) is 20.7 Å². The number of carbonyl (C=O) groups excluding carboxylic acids is 1. The number of methoxy groups -OCH3 is 1. The second-order valence-electron chi connectivity index (χ2n) is 5.69. The van der Waals surface area contributed by atoms with Crippen LogP contribution in [0.1, 0.15) is 30.0 Å². The molecule has 0 aliphatic carbocycles. The van der Waals surface area contributed by atoms with Gasteiger partial charge in [0.1, 0.15) is 6.10 Å². The minimum Gasteiger partial charge on any atom is -0.382 e. The van der Waals surface area contributed by atoms with Crippen LogP contribution in [0.3, 0.4) is 0 Å². The summed E-state index contributed by atoms with van der Waals surface area (Å²) in [4.78, 5) is 14.5. The van der Waals surface area contributed by atoms with Crippen molar-refractivity contribution in [3.05, 3.63) is 28.8 Å². The summed E-state index contributed by atoms with van der Waals surface area (Å²) in [6.45, 7) is 7.71. The van der Waals surface area contributed by atoms with E-state index in [1.165, 1.54) is 16.7 Å². The van der Waals surface area contributed by atoms with Gasteiger partial charge in [-0.2, -0.15) is 0 Å². The Kier molecular flexibility index (Phi) is 5.37. The van der Waals surface area contributed by atoms with Gasteiger partial charge in [0.05, 0.1) is 13.2 Å². The Bertz CT molecular complexity index is 513. The van der Waals surface area contributed by atoms with E-state index < -0.39 is 6.10 Å². The van der Waals surface area contributed by atoms with Crippen molar-refractivity contribution in [3.63, 3.8) is 0 Å². The number of ether oxygens (including phenoxy) is 2. The number of carbonyl (C=O) groups is 1. The summed E-state index contributed by atoms with van der Waals surface area (Å²) in [6.07, 6.45) is 1.61. The van der Waals surface area contributed by atoms with E-state index in [4.69, 9.17) is 9.47 Å². The van der Waals surface area contributed by atoms with E-state index in [0.29, 0.717) is 13.2 Å². The molecule has 0 spiro atoms. The van der Waals surface area contributed by atoms with Crippen molar-refractivity contribution >= 4 is 11.6 Å². The number of aryl methyl sites for hydroxylation is 3. The molecule has 1 heterocycles. The minimum atomic E-state index is -0.438. The summed E-state index contributed by atoms with van der Waals surface area (Å²) in [5, 5.41) is 0. The molecule has 1 aliphatic heterocycles. The Balaban J connectivity index is 2.17. The van der Waals surface area contributed by atoms with Gasteiger partial charge in [0, 0.05) is 19.3 Å². The van der Waals surface area contributed by atoms with E-state index in [1.807, 2.05) is 11.8 Å². The highest BCUT2D eigenvalue weighted by Gasteiger charge is 2.28. The topological polar surface area (TPSA) is 38.8 Å². The van der Waals surface area contributed by atoms with Crippen LogP contribution >= 0.6 is 0 Å². The van der Waals surface area contributed by atoms with Crippen molar-refractivity contribution in [2.24, 2.45) is 0 Å².